The van der Waals surface area contributed by atoms with E-state index < -0.39 is 0 Å². The molecule has 0 spiro atoms. The van der Waals surface area contributed by atoms with E-state index in [4.69, 9.17) is 0 Å². The number of benzene rings is 1. The standard InChI is InChI=1S/C19H22FN5.HI/c1-21-19(22-10-8-15-5-4-6-16(20)13-15)23-11-9-17-14-25-12-3-2-7-18(25)24-17;/h2-7,12-14H,8-11H2,1H3,(H2,21,22,23);1H. The van der Waals surface area contributed by atoms with Gasteiger partial charge in [0.2, 0.25) is 0 Å². The van der Waals surface area contributed by atoms with Crippen molar-refractivity contribution in [1.29, 1.82) is 0 Å². The Bertz CT molecular complexity index is 829. The minimum absolute atomic E-state index is 0. The number of aromatic nitrogens is 2. The number of rotatable bonds is 6. The van der Waals surface area contributed by atoms with Crippen molar-refractivity contribution in [2.75, 3.05) is 20.1 Å². The second-order valence-corrected chi connectivity index (χ2v) is 5.75. The smallest absolute Gasteiger partial charge is 0.190 e. The van der Waals surface area contributed by atoms with Crippen molar-refractivity contribution in [3.05, 3.63) is 71.9 Å². The fraction of sp³-hybridized carbons (Fsp3) is 0.263. The molecule has 0 atom stereocenters. The topological polar surface area (TPSA) is 53.7 Å². The predicted octanol–water partition coefficient (Wildman–Crippen LogP) is 3.04. The molecule has 5 nitrogen and oxygen atoms in total. The summed E-state index contributed by atoms with van der Waals surface area (Å²) in [4.78, 5) is 8.78. The van der Waals surface area contributed by atoms with Gasteiger partial charge in [-0.25, -0.2) is 9.37 Å². The van der Waals surface area contributed by atoms with Crippen LogP contribution in [0.3, 0.4) is 0 Å². The van der Waals surface area contributed by atoms with E-state index in [2.05, 4.69) is 20.6 Å². The highest BCUT2D eigenvalue weighted by Gasteiger charge is 2.02. The molecule has 1 aromatic carbocycles. The summed E-state index contributed by atoms with van der Waals surface area (Å²) in [6, 6.07) is 12.6. The van der Waals surface area contributed by atoms with Crippen LogP contribution in [0.1, 0.15) is 11.3 Å². The van der Waals surface area contributed by atoms with Gasteiger partial charge in [0, 0.05) is 39.0 Å². The number of halogens is 2. The third-order valence-corrected chi connectivity index (χ3v) is 3.91. The lowest BCUT2D eigenvalue weighted by Gasteiger charge is -2.11. The molecule has 3 aromatic rings. The molecular weight excluding hydrogens is 444 g/mol. The van der Waals surface area contributed by atoms with Gasteiger partial charge in [-0.3, -0.25) is 4.99 Å². The first-order chi connectivity index (χ1) is 12.2. The summed E-state index contributed by atoms with van der Waals surface area (Å²) in [5, 5.41) is 6.52. The average Bonchev–Trinajstić information content (AvgIpc) is 3.03. The van der Waals surface area contributed by atoms with Crippen LogP contribution in [0.2, 0.25) is 0 Å². The first-order valence-electron chi connectivity index (χ1n) is 8.36. The molecule has 0 amide bonds. The van der Waals surface area contributed by atoms with Crippen LogP contribution < -0.4 is 10.6 Å². The van der Waals surface area contributed by atoms with Gasteiger partial charge in [-0.15, -0.1) is 24.0 Å². The maximum atomic E-state index is 13.2. The summed E-state index contributed by atoms with van der Waals surface area (Å²) in [5.41, 5.74) is 2.96. The van der Waals surface area contributed by atoms with Gasteiger partial charge < -0.3 is 15.0 Å². The number of pyridine rings is 1. The van der Waals surface area contributed by atoms with Gasteiger partial charge >= 0.3 is 0 Å². The minimum atomic E-state index is -0.201. The first kappa shape index (κ1) is 20.2. The molecule has 0 aliphatic carbocycles. The van der Waals surface area contributed by atoms with Gasteiger partial charge in [0.25, 0.3) is 0 Å². The van der Waals surface area contributed by atoms with E-state index in [9.17, 15) is 4.39 Å². The zero-order chi connectivity index (χ0) is 17.5. The van der Waals surface area contributed by atoms with Crippen LogP contribution in [0.25, 0.3) is 5.65 Å². The van der Waals surface area contributed by atoms with Crippen LogP contribution in [0.15, 0.2) is 59.9 Å². The predicted molar refractivity (Wildman–Crippen MR) is 114 cm³/mol. The van der Waals surface area contributed by atoms with Crippen molar-refractivity contribution in [1.82, 2.24) is 20.0 Å². The number of imidazole rings is 1. The van der Waals surface area contributed by atoms with E-state index in [-0.39, 0.29) is 29.8 Å². The second kappa shape index (κ2) is 10.1. The molecule has 26 heavy (non-hydrogen) atoms. The number of hydrogen-bond acceptors (Lipinski definition) is 2. The Kier molecular flexibility index (Phi) is 7.83. The molecular formula is C19H23FIN5. The second-order valence-electron chi connectivity index (χ2n) is 5.75. The summed E-state index contributed by atoms with van der Waals surface area (Å²) in [5.74, 6) is 0.535. The zero-order valence-corrected chi connectivity index (χ0v) is 17.0. The lowest BCUT2D eigenvalue weighted by atomic mass is 10.1. The monoisotopic (exact) mass is 467 g/mol. The first-order valence-corrected chi connectivity index (χ1v) is 8.36. The molecule has 0 aliphatic heterocycles. The van der Waals surface area contributed by atoms with Crippen molar-refractivity contribution >= 4 is 35.6 Å². The summed E-state index contributed by atoms with van der Waals surface area (Å²) < 4.78 is 15.2. The molecule has 2 N–H and O–H groups in total. The average molecular weight is 467 g/mol. The van der Waals surface area contributed by atoms with Crippen LogP contribution >= 0.6 is 24.0 Å². The van der Waals surface area contributed by atoms with Crippen LogP contribution in [0.5, 0.6) is 0 Å². The van der Waals surface area contributed by atoms with E-state index in [0.717, 1.165) is 42.3 Å². The van der Waals surface area contributed by atoms with E-state index in [1.165, 1.54) is 6.07 Å². The van der Waals surface area contributed by atoms with E-state index >= 15 is 0 Å². The maximum absolute atomic E-state index is 13.2. The quantitative estimate of drug-likeness (QED) is 0.333. The SMILES string of the molecule is CN=C(NCCc1cccc(F)c1)NCCc1cn2ccccc2n1.I. The highest BCUT2D eigenvalue weighted by Crippen LogP contribution is 2.05. The molecule has 0 fully saturated rings. The number of nitrogens with one attached hydrogen (secondary N) is 2. The summed E-state index contributed by atoms with van der Waals surface area (Å²) in [6.45, 7) is 1.43. The molecule has 0 saturated heterocycles. The van der Waals surface area contributed by atoms with Crippen LogP contribution in [-0.4, -0.2) is 35.5 Å². The zero-order valence-electron chi connectivity index (χ0n) is 14.7. The van der Waals surface area contributed by atoms with Gasteiger partial charge in [0.15, 0.2) is 5.96 Å². The normalized spacial score (nSPS) is 11.2. The van der Waals surface area contributed by atoms with Crippen molar-refractivity contribution in [2.24, 2.45) is 4.99 Å². The Morgan fingerprint density at radius 3 is 2.65 bits per heavy atom. The number of guanidine groups is 1. The molecule has 0 saturated carbocycles. The lowest BCUT2D eigenvalue weighted by molar-refractivity contribution is 0.625. The molecule has 0 radical (unpaired) electrons. The molecule has 2 aromatic heterocycles. The summed E-state index contributed by atoms with van der Waals surface area (Å²) >= 11 is 0. The summed E-state index contributed by atoms with van der Waals surface area (Å²) in [7, 11) is 1.74. The Morgan fingerprint density at radius 1 is 1.12 bits per heavy atom. The molecule has 0 aliphatic rings. The Hall–Kier alpha value is -2.16. The maximum Gasteiger partial charge on any atom is 0.190 e. The van der Waals surface area contributed by atoms with Gasteiger partial charge in [-0.05, 0) is 36.2 Å². The lowest BCUT2D eigenvalue weighted by Crippen LogP contribution is -2.39. The Labute approximate surface area is 169 Å². The third-order valence-electron chi connectivity index (χ3n) is 3.91. The van der Waals surface area contributed by atoms with Crippen LogP contribution in [0, 0.1) is 5.82 Å². The van der Waals surface area contributed by atoms with E-state index in [1.807, 2.05) is 41.1 Å². The van der Waals surface area contributed by atoms with Crippen LogP contribution in [0.4, 0.5) is 4.39 Å². The van der Waals surface area contributed by atoms with Crippen molar-refractivity contribution in [2.45, 2.75) is 12.8 Å². The number of nitrogens with zero attached hydrogens (tertiary/aromatic N) is 3. The molecule has 138 valence electrons. The van der Waals surface area contributed by atoms with Crippen LogP contribution in [-0.2, 0) is 12.8 Å². The Balaban J connectivity index is 0.00000243. The van der Waals surface area contributed by atoms with Gasteiger partial charge in [-0.1, -0.05) is 18.2 Å². The van der Waals surface area contributed by atoms with E-state index in [0.29, 0.717) is 6.54 Å². The number of aliphatic imine (C=N–C) groups is 1. The highest BCUT2D eigenvalue weighted by molar-refractivity contribution is 14.0. The van der Waals surface area contributed by atoms with Gasteiger partial charge in [-0.2, -0.15) is 0 Å². The number of hydrogen-bond donors (Lipinski definition) is 2. The fourth-order valence-corrected chi connectivity index (χ4v) is 2.65. The van der Waals surface area contributed by atoms with Gasteiger partial charge in [0.1, 0.15) is 11.5 Å². The molecule has 0 bridgehead atoms. The Morgan fingerprint density at radius 2 is 1.92 bits per heavy atom. The minimum Gasteiger partial charge on any atom is -0.356 e. The third kappa shape index (κ3) is 5.69. The molecule has 7 heteroatoms. The molecule has 3 rings (SSSR count). The van der Waals surface area contributed by atoms with Crippen molar-refractivity contribution in [3.8, 4) is 0 Å². The summed E-state index contributed by atoms with van der Waals surface area (Å²) in [6.07, 6.45) is 5.58. The van der Waals surface area contributed by atoms with Gasteiger partial charge in [0.05, 0.1) is 5.69 Å². The van der Waals surface area contributed by atoms with Crippen molar-refractivity contribution in [3.63, 3.8) is 0 Å². The van der Waals surface area contributed by atoms with E-state index in [1.54, 1.807) is 19.2 Å². The number of fused-ring (bicyclic) bond motifs is 1. The fourth-order valence-electron chi connectivity index (χ4n) is 2.65. The largest absolute Gasteiger partial charge is 0.356 e. The highest BCUT2D eigenvalue weighted by atomic mass is 127. The molecule has 0 unspecified atom stereocenters. The molecule has 2 heterocycles. The van der Waals surface area contributed by atoms with Crippen molar-refractivity contribution < 1.29 is 4.39 Å².